The zero-order chi connectivity index (χ0) is 25.9. The van der Waals surface area contributed by atoms with Gasteiger partial charge in [0.1, 0.15) is 24.7 Å². The average Bonchev–Trinajstić information content (AvgIpc) is 2.88. The molecule has 36 heavy (non-hydrogen) atoms. The van der Waals surface area contributed by atoms with Crippen LogP contribution in [0.4, 0.5) is 0 Å². The molecule has 0 fully saturated rings. The lowest BCUT2D eigenvalue weighted by Crippen LogP contribution is -2.14. The molecule has 2 aromatic carbocycles. The Morgan fingerprint density at radius 1 is 0.583 bits per heavy atom. The third kappa shape index (κ3) is 13.2. The summed E-state index contributed by atoms with van der Waals surface area (Å²) in [5.41, 5.74) is 0.974. The largest absolute Gasteiger partial charge is 0.491 e. The van der Waals surface area contributed by atoms with Gasteiger partial charge in [-0.2, -0.15) is 8.42 Å². The molecule has 2 rings (SSSR count). The summed E-state index contributed by atoms with van der Waals surface area (Å²) in [5.74, 6) is 1.41. The normalized spacial score (nSPS) is 11.5. The van der Waals surface area contributed by atoms with E-state index in [0.717, 1.165) is 5.56 Å². The summed E-state index contributed by atoms with van der Waals surface area (Å²) < 4.78 is 61.5. The zero-order valence-electron chi connectivity index (χ0n) is 20.6. The fourth-order valence-electron chi connectivity index (χ4n) is 2.75. The lowest BCUT2D eigenvalue weighted by molar-refractivity contribution is 0.0247. The van der Waals surface area contributed by atoms with E-state index in [9.17, 15) is 8.42 Å². The van der Waals surface area contributed by atoms with Crippen LogP contribution in [0.2, 0.25) is 0 Å². The molecular weight excluding hydrogens is 492 g/mol. The van der Waals surface area contributed by atoms with Crippen LogP contribution in [0.25, 0.3) is 0 Å². The van der Waals surface area contributed by atoms with Crippen LogP contribution in [0.5, 0.6) is 11.5 Å². The Morgan fingerprint density at radius 2 is 1.00 bits per heavy atom. The van der Waals surface area contributed by atoms with Crippen LogP contribution in [0.3, 0.4) is 0 Å². The summed E-state index contributed by atoms with van der Waals surface area (Å²) in [5, 5.41) is 8.59. The third-order valence-corrected chi connectivity index (χ3v) is 5.90. The Bertz CT molecular complexity index is 917. The van der Waals surface area contributed by atoms with E-state index < -0.39 is 10.1 Å². The summed E-state index contributed by atoms with van der Waals surface area (Å²) in [6.45, 7) is 5.50. The highest BCUT2D eigenvalue weighted by Gasteiger charge is 2.14. The van der Waals surface area contributed by atoms with E-state index in [4.69, 9.17) is 37.7 Å². The molecule has 0 heterocycles. The second kappa shape index (κ2) is 18.1. The first-order valence-electron chi connectivity index (χ1n) is 11.7. The summed E-state index contributed by atoms with van der Waals surface area (Å²) in [6, 6.07) is 13.7. The monoisotopic (exact) mass is 528 g/mol. The van der Waals surface area contributed by atoms with Crippen LogP contribution in [0.15, 0.2) is 53.4 Å². The van der Waals surface area contributed by atoms with Gasteiger partial charge in [0.25, 0.3) is 10.1 Å². The molecule has 0 unspecified atom stereocenters. The van der Waals surface area contributed by atoms with Crippen molar-refractivity contribution in [3.63, 3.8) is 0 Å². The number of aliphatic hydroxyl groups excluding tert-OH is 1. The average molecular weight is 529 g/mol. The molecule has 2 aromatic rings. The number of ether oxygens (including phenoxy) is 6. The fraction of sp³-hybridized carbons (Fsp3) is 0.520. The Kier molecular flexibility index (Phi) is 15.0. The molecule has 0 aliphatic rings. The van der Waals surface area contributed by atoms with Crippen molar-refractivity contribution < 1.29 is 46.1 Å². The standard InChI is InChI=1S/C25H36O10S/c1-22-2-8-25(9-3-22)36(27,28)35-21-18-32-15-14-31-17-20-34-24-6-4-23(5-7-24)33-19-16-30-13-12-29-11-10-26/h2-9,26H,10-21H2,1H3. The molecule has 0 amide bonds. The number of aliphatic hydroxyl groups is 1. The van der Waals surface area contributed by atoms with E-state index in [1.165, 1.54) is 12.1 Å². The smallest absolute Gasteiger partial charge is 0.297 e. The third-order valence-electron chi connectivity index (χ3n) is 4.57. The minimum absolute atomic E-state index is 0.00825. The summed E-state index contributed by atoms with van der Waals surface area (Å²) >= 11 is 0. The van der Waals surface area contributed by atoms with E-state index >= 15 is 0 Å². The lowest BCUT2D eigenvalue weighted by atomic mass is 10.2. The molecule has 1 N–H and O–H groups in total. The van der Waals surface area contributed by atoms with Crippen LogP contribution in [0, 0.1) is 6.92 Å². The molecule has 0 saturated heterocycles. The van der Waals surface area contributed by atoms with Crippen molar-refractivity contribution in [3.8, 4) is 11.5 Å². The van der Waals surface area contributed by atoms with Gasteiger partial charge in [-0.05, 0) is 43.3 Å². The fourth-order valence-corrected chi connectivity index (χ4v) is 3.65. The van der Waals surface area contributed by atoms with Crippen molar-refractivity contribution in [3.05, 3.63) is 54.1 Å². The maximum atomic E-state index is 12.1. The second-order valence-electron chi connectivity index (χ2n) is 7.43. The first kappa shape index (κ1) is 30.0. The molecule has 202 valence electrons. The molecule has 0 atom stereocenters. The van der Waals surface area contributed by atoms with E-state index in [2.05, 4.69) is 0 Å². The Morgan fingerprint density at radius 3 is 1.47 bits per heavy atom. The van der Waals surface area contributed by atoms with Crippen molar-refractivity contribution >= 4 is 10.1 Å². The molecule has 0 aliphatic carbocycles. The Labute approximate surface area is 213 Å². The summed E-state index contributed by atoms with van der Waals surface area (Å²) in [6.07, 6.45) is 0. The van der Waals surface area contributed by atoms with Gasteiger partial charge in [0.15, 0.2) is 0 Å². The van der Waals surface area contributed by atoms with Gasteiger partial charge in [-0.25, -0.2) is 0 Å². The van der Waals surface area contributed by atoms with Gasteiger partial charge in [-0.1, -0.05) is 17.7 Å². The molecule has 10 nitrogen and oxygen atoms in total. The molecule has 0 aromatic heterocycles. The van der Waals surface area contributed by atoms with Gasteiger partial charge in [0.2, 0.25) is 0 Å². The number of hydrogen-bond donors (Lipinski definition) is 1. The SMILES string of the molecule is Cc1ccc(S(=O)(=O)OCCOCCOCCOc2ccc(OCCOCCOCCO)cc2)cc1. The molecule has 11 heteroatoms. The van der Waals surface area contributed by atoms with Gasteiger partial charge < -0.3 is 33.5 Å². The minimum Gasteiger partial charge on any atom is -0.491 e. The molecule has 0 aliphatic heterocycles. The van der Waals surface area contributed by atoms with Gasteiger partial charge in [0, 0.05) is 0 Å². The van der Waals surface area contributed by atoms with Gasteiger partial charge in [0.05, 0.1) is 71.0 Å². The molecular formula is C25H36O10S. The predicted molar refractivity (Wildman–Crippen MR) is 132 cm³/mol. The van der Waals surface area contributed by atoms with Gasteiger partial charge in [-0.3, -0.25) is 4.18 Å². The van der Waals surface area contributed by atoms with Crippen LogP contribution in [0.1, 0.15) is 5.56 Å². The minimum atomic E-state index is -3.77. The van der Waals surface area contributed by atoms with E-state index in [1.807, 2.05) is 31.2 Å². The second-order valence-corrected chi connectivity index (χ2v) is 9.05. The first-order valence-corrected chi connectivity index (χ1v) is 13.2. The van der Waals surface area contributed by atoms with Crippen LogP contribution >= 0.6 is 0 Å². The highest BCUT2D eigenvalue weighted by molar-refractivity contribution is 7.86. The van der Waals surface area contributed by atoms with Gasteiger partial charge in [-0.15, -0.1) is 0 Å². The van der Waals surface area contributed by atoms with Crippen LogP contribution in [-0.4, -0.2) is 92.8 Å². The first-order chi connectivity index (χ1) is 17.5. The molecule has 0 spiro atoms. The Balaban J connectivity index is 1.43. The predicted octanol–water partition coefficient (Wildman–Crippen LogP) is 2.22. The number of benzene rings is 2. The molecule has 0 saturated carbocycles. The van der Waals surface area contributed by atoms with E-state index in [0.29, 0.717) is 71.0 Å². The number of hydrogen-bond acceptors (Lipinski definition) is 10. The van der Waals surface area contributed by atoms with Gasteiger partial charge >= 0.3 is 0 Å². The van der Waals surface area contributed by atoms with E-state index in [1.54, 1.807) is 12.1 Å². The van der Waals surface area contributed by atoms with E-state index in [-0.39, 0.29) is 24.7 Å². The number of rotatable bonds is 21. The van der Waals surface area contributed by atoms with Crippen molar-refractivity contribution in [1.82, 2.24) is 0 Å². The van der Waals surface area contributed by atoms with Crippen molar-refractivity contribution in [2.24, 2.45) is 0 Å². The number of aryl methyl sites for hydroxylation is 1. The maximum Gasteiger partial charge on any atom is 0.297 e. The zero-order valence-corrected chi connectivity index (χ0v) is 21.5. The summed E-state index contributed by atoms with van der Waals surface area (Å²) in [4.78, 5) is 0.126. The van der Waals surface area contributed by atoms with Crippen LogP contribution in [-0.2, 0) is 33.2 Å². The van der Waals surface area contributed by atoms with Crippen molar-refractivity contribution in [2.75, 3.05) is 79.3 Å². The topological polar surface area (TPSA) is 119 Å². The van der Waals surface area contributed by atoms with Crippen molar-refractivity contribution in [2.45, 2.75) is 11.8 Å². The Hall–Kier alpha value is -2.25. The summed E-state index contributed by atoms with van der Waals surface area (Å²) in [7, 11) is -3.77. The lowest BCUT2D eigenvalue weighted by Gasteiger charge is -2.10. The quantitative estimate of drug-likeness (QED) is 0.191. The highest BCUT2D eigenvalue weighted by atomic mass is 32.2. The highest BCUT2D eigenvalue weighted by Crippen LogP contribution is 2.17. The van der Waals surface area contributed by atoms with Crippen LogP contribution < -0.4 is 9.47 Å². The van der Waals surface area contributed by atoms with Crippen molar-refractivity contribution in [1.29, 1.82) is 0 Å². The molecule has 0 radical (unpaired) electrons. The maximum absolute atomic E-state index is 12.1. The molecule has 0 bridgehead atoms.